The number of benzene rings is 1. The van der Waals surface area contributed by atoms with Gasteiger partial charge in [-0.2, -0.15) is 9.09 Å². The van der Waals surface area contributed by atoms with Gasteiger partial charge in [0.05, 0.1) is 5.69 Å². The van der Waals surface area contributed by atoms with Crippen LogP contribution >= 0.6 is 27.8 Å². The van der Waals surface area contributed by atoms with Crippen molar-refractivity contribution in [2.24, 2.45) is 0 Å². The molecule has 8 heteroatoms. The van der Waals surface area contributed by atoms with Crippen LogP contribution in [0.5, 0.6) is 0 Å². The van der Waals surface area contributed by atoms with Crippen LogP contribution in [0.1, 0.15) is 0 Å². The van der Waals surface area contributed by atoms with Crippen LogP contribution in [0.25, 0.3) is 0 Å². The van der Waals surface area contributed by atoms with Crippen molar-refractivity contribution in [2.75, 3.05) is 4.47 Å². The first-order valence-electron chi connectivity index (χ1n) is 3.50. The maximum absolute atomic E-state index is 10.6. The Morgan fingerprint density at radius 2 is 1.93 bits per heavy atom. The molecule has 1 aromatic carbocycles. The largest absolute Gasteiger partial charge is 0.492 e. The number of hydrogen-bond acceptors (Lipinski definition) is 4. The summed E-state index contributed by atoms with van der Waals surface area (Å²) in [6.45, 7) is 0. The van der Waals surface area contributed by atoms with Crippen LogP contribution < -0.4 is 4.47 Å². The molecule has 0 amide bonds. The van der Waals surface area contributed by atoms with Gasteiger partial charge in [0.15, 0.2) is 0 Å². The molecule has 0 bridgehead atoms. The molecular weight excluding hydrogens is 244 g/mol. The first-order chi connectivity index (χ1) is 6.53. The van der Waals surface area contributed by atoms with E-state index in [1.807, 2.05) is 0 Å². The Balaban J connectivity index is 2.78. The molecule has 0 aliphatic rings. The SMILES string of the molecule is O=P(O)(O)ON(SP)c1ccccc1. The van der Waals surface area contributed by atoms with E-state index in [1.165, 1.54) is 0 Å². The third-order valence-electron chi connectivity index (χ3n) is 1.24. The van der Waals surface area contributed by atoms with E-state index in [-0.39, 0.29) is 0 Å². The van der Waals surface area contributed by atoms with Crippen molar-refractivity contribution in [3.05, 3.63) is 30.3 Å². The van der Waals surface area contributed by atoms with Gasteiger partial charge in [0, 0.05) is 11.6 Å². The molecule has 0 aromatic heterocycles. The molecule has 0 heterocycles. The van der Waals surface area contributed by atoms with Crippen molar-refractivity contribution >= 4 is 33.5 Å². The van der Waals surface area contributed by atoms with Gasteiger partial charge in [0.25, 0.3) is 0 Å². The highest BCUT2D eigenvalue weighted by atomic mass is 32.7. The highest BCUT2D eigenvalue weighted by Crippen LogP contribution is 2.42. The number of para-hydroxylation sites is 1. The van der Waals surface area contributed by atoms with E-state index in [2.05, 4.69) is 13.1 Å². The molecule has 78 valence electrons. The Kier molecular flexibility index (Phi) is 4.38. The molecule has 0 saturated carbocycles. The van der Waals surface area contributed by atoms with E-state index < -0.39 is 7.82 Å². The molecule has 0 saturated heterocycles. The molecule has 1 unspecified atom stereocenters. The summed E-state index contributed by atoms with van der Waals surface area (Å²) in [6, 6.07) is 8.63. The Morgan fingerprint density at radius 3 is 2.36 bits per heavy atom. The van der Waals surface area contributed by atoms with Crippen LogP contribution in [0.3, 0.4) is 0 Å². The summed E-state index contributed by atoms with van der Waals surface area (Å²) in [5.41, 5.74) is 0.552. The smallest absolute Gasteiger partial charge is 0.301 e. The van der Waals surface area contributed by atoms with Crippen LogP contribution in [-0.2, 0) is 9.19 Å². The second kappa shape index (κ2) is 5.12. The van der Waals surface area contributed by atoms with Gasteiger partial charge < -0.3 is 9.79 Å². The van der Waals surface area contributed by atoms with Crippen molar-refractivity contribution in [3.63, 3.8) is 0 Å². The predicted molar refractivity (Wildman–Crippen MR) is 59.4 cm³/mol. The lowest BCUT2D eigenvalue weighted by atomic mass is 10.3. The zero-order valence-corrected chi connectivity index (χ0v) is 9.84. The Hall–Kier alpha value is -0.0900. The molecule has 0 radical (unpaired) electrons. The maximum Gasteiger partial charge on any atom is 0.492 e. The molecule has 1 atom stereocenters. The molecule has 5 nitrogen and oxygen atoms in total. The van der Waals surface area contributed by atoms with Crippen molar-refractivity contribution in [3.8, 4) is 0 Å². The summed E-state index contributed by atoms with van der Waals surface area (Å²) >= 11 is 0.985. The molecule has 0 aliphatic carbocycles. The third kappa shape index (κ3) is 3.96. The van der Waals surface area contributed by atoms with Gasteiger partial charge in [-0.3, -0.25) is 0 Å². The van der Waals surface area contributed by atoms with Gasteiger partial charge in [-0.05, 0) is 12.1 Å². The molecule has 0 aliphatic heterocycles. The van der Waals surface area contributed by atoms with Gasteiger partial charge >= 0.3 is 7.82 Å². The fraction of sp³-hybridized carbons (Fsp3) is 0. The second-order valence-corrected chi connectivity index (χ2v) is 4.59. The minimum Gasteiger partial charge on any atom is -0.301 e. The van der Waals surface area contributed by atoms with Gasteiger partial charge in [-0.25, -0.2) is 4.57 Å². The molecular formula is C6H9NO4P2S. The fourth-order valence-corrected chi connectivity index (χ4v) is 2.43. The van der Waals surface area contributed by atoms with Crippen LogP contribution in [0.15, 0.2) is 30.3 Å². The zero-order chi connectivity index (χ0) is 10.6. The normalized spacial score (nSPS) is 11.4. The van der Waals surface area contributed by atoms with E-state index in [4.69, 9.17) is 9.79 Å². The highest BCUT2D eigenvalue weighted by molar-refractivity contribution is 8.44. The summed E-state index contributed by atoms with van der Waals surface area (Å²) < 4.78 is 16.0. The average Bonchev–Trinajstić information content (AvgIpc) is 2.14. The molecule has 2 N–H and O–H groups in total. The lowest BCUT2D eigenvalue weighted by Gasteiger charge is -2.19. The highest BCUT2D eigenvalue weighted by Gasteiger charge is 2.20. The van der Waals surface area contributed by atoms with E-state index in [0.717, 1.165) is 16.0 Å². The summed E-state index contributed by atoms with van der Waals surface area (Å²) in [5.74, 6) is 0. The van der Waals surface area contributed by atoms with Crippen molar-refractivity contribution < 1.29 is 19.0 Å². The third-order valence-corrected chi connectivity index (χ3v) is 2.78. The van der Waals surface area contributed by atoms with Crippen molar-refractivity contribution in [2.45, 2.75) is 0 Å². The first kappa shape index (κ1) is 12.0. The minimum atomic E-state index is -4.51. The van der Waals surface area contributed by atoms with E-state index in [0.29, 0.717) is 5.69 Å². The Morgan fingerprint density at radius 1 is 1.36 bits per heavy atom. The predicted octanol–water partition coefficient (Wildman–Crippen LogP) is 1.96. The minimum absolute atomic E-state index is 0.552. The summed E-state index contributed by atoms with van der Waals surface area (Å²) in [6.07, 6.45) is 0. The van der Waals surface area contributed by atoms with Gasteiger partial charge in [0.2, 0.25) is 0 Å². The fourth-order valence-electron chi connectivity index (χ4n) is 0.774. The number of anilines is 1. The van der Waals surface area contributed by atoms with Crippen molar-refractivity contribution in [1.29, 1.82) is 0 Å². The Bertz CT molecular complexity index is 330. The number of phosphoric acid groups is 1. The zero-order valence-electron chi connectivity index (χ0n) is 6.98. The summed E-state index contributed by atoms with van der Waals surface area (Å²) in [4.78, 5) is 17.2. The van der Waals surface area contributed by atoms with Gasteiger partial charge in [0.1, 0.15) is 0 Å². The van der Waals surface area contributed by atoms with Crippen LogP contribution in [-0.4, -0.2) is 9.79 Å². The summed E-state index contributed by atoms with van der Waals surface area (Å²) in [7, 11) is -2.27. The molecule has 1 aromatic rings. The molecule has 0 spiro atoms. The Labute approximate surface area is 87.7 Å². The molecule has 0 fully saturated rings. The monoisotopic (exact) mass is 253 g/mol. The lowest BCUT2D eigenvalue weighted by Crippen LogP contribution is -2.10. The standard InChI is InChI=1S/C6H9NO4P2S/c8-13(9,10)11-7(14-12)6-4-2-1-3-5-6/h1-5H,12H2,(H2,8,9,10). The number of hydrogen-bond donors (Lipinski definition) is 2. The van der Waals surface area contributed by atoms with E-state index in [9.17, 15) is 4.57 Å². The first-order valence-corrected chi connectivity index (χ1v) is 7.28. The van der Waals surface area contributed by atoms with Crippen LogP contribution in [0.4, 0.5) is 5.69 Å². The topological polar surface area (TPSA) is 70.0 Å². The summed E-state index contributed by atoms with van der Waals surface area (Å²) in [5, 5.41) is 0. The van der Waals surface area contributed by atoms with Gasteiger partial charge in [-0.1, -0.05) is 26.6 Å². The van der Waals surface area contributed by atoms with E-state index in [1.54, 1.807) is 30.3 Å². The average molecular weight is 253 g/mol. The second-order valence-electron chi connectivity index (χ2n) is 2.27. The van der Waals surface area contributed by atoms with Crippen LogP contribution in [0, 0.1) is 0 Å². The molecule has 14 heavy (non-hydrogen) atoms. The molecule has 1 rings (SSSR count). The number of nitrogens with zero attached hydrogens (tertiary/aromatic N) is 1. The van der Waals surface area contributed by atoms with Crippen molar-refractivity contribution in [1.82, 2.24) is 0 Å². The maximum atomic E-state index is 10.6. The number of rotatable bonds is 4. The quantitative estimate of drug-likeness (QED) is 0.485. The van der Waals surface area contributed by atoms with Gasteiger partial charge in [-0.15, -0.1) is 0 Å². The van der Waals surface area contributed by atoms with Crippen LogP contribution in [0.2, 0.25) is 0 Å². The van der Waals surface area contributed by atoms with E-state index >= 15 is 0 Å². The lowest BCUT2D eigenvalue weighted by molar-refractivity contribution is 0.212.